The van der Waals surface area contributed by atoms with Crippen molar-refractivity contribution in [2.24, 2.45) is 0 Å². The lowest BCUT2D eigenvalue weighted by Gasteiger charge is -2.08. The molecule has 0 atom stereocenters. The Morgan fingerprint density at radius 2 is 1.21 bits per heavy atom. The van der Waals surface area contributed by atoms with E-state index in [4.69, 9.17) is 4.42 Å². The first kappa shape index (κ1) is 19.9. The molecule has 2 aromatic heterocycles. The van der Waals surface area contributed by atoms with E-state index in [9.17, 15) is 0 Å². The Labute approximate surface area is 210 Å². The Hall–Kier alpha value is -3.57. The number of nitrogens with zero attached hydrogens (tertiary/aromatic N) is 1. The Bertz CT molecular complexity index is 1870. The number of rotatable bonds is 2. The standard InChI is InChI=1S/C31H20INO/c1-19-7-13-30-26(15-19)27-17-21(9-14-31(27)34-30)20-8-11-28-24(16-20)25-18-22(32)10-12-29(25)33(28)23-5-3-2-4-6-23/h2-18H,1H3. The third-order valence-electron chi connectivity index (χ3n) is 6.70. The van der Waals surface area contributed by atoms with Crippen molar-refractivity contribution in [2.75, 3.05) is 0 Å². The van der Waals surface area contributed by atoms with Gasteiger partial charge in [-0.05, 0) is 107 Å². The molecule has 7 aromatic rings. The van der Waals surface area contributed by atoms with Gasteiger partial charge in [-0.25, -0.2) is 0 Å². The van der Waals surface area contributed by atoms with Crippen LogP contribution in [-0.2, 0) is 0 Å². The molecule has 0 fully saturated rings. The van der Waals surface area contributed by atoms with Crippen molar-refractivity contribution in [3.8, 4) is 16.8 Å². The van der Waals surface area contributed by atoms with Crippen molar-refractivity contribution in [3.63, 3.8) is 0 Å². The Kier molecular flexibility index (Phi) is 4.36. The molecule has 0 spiro atoms. The monoisotopic (exact) mass is 549 g/mol. The van der Waals surface area contributed by atoms with Crippen molar-refractivity contribution in [1.82, 2.24) is 4.57 Å². The highest BCUT2D eigenvalue weighted by molar-refractivity contribution is 14.1. The third-order valence-corrected chi connectivity index (χ3v) is 7.37. The van der Waals surface area contributed by atoms with Gasteiger partial charge < -0.3 is 8.98 Å². The van der Waals surface area contributed by atoms with Crippen LogP contribution in [0.15, 0.2) is 108 Å². The lowest BCUT2D eigenvalue weighted by atomic mass is 10.0. The van der Waals surface area contributed by atoms with Crippen molar-refractivity contribution < 1.29 is 4.42 Å². The zero-order valence-electron chi connectivity index (χ0n) is 18.5. The Morgan fingerprint density at radius 3 is 2.00 bits per heavy atom. The molecule has 2 nitrogen and oxygen atoms in total. The zero-order chi connectivity index (χ0) is 22.8. The summed E-state index contributed by atoms with van der Waals surface area (Å²) in [6, 6.07) is 37.0. The molecular weight excluding hydrogens is 529 g/mol. The molecule has 7 rings (SSSR count). The fourth-order valence-corrected chi connectivity index (χ4v) is 5.59. The average molecular weight is 549 g/mol. The summed E-state index contributed by atoms with van der Waals surface area (Å²) in [5.74, 6) is 0. The molecule has 3 heteroatoms. The van der Waals surface area contributed by atoms with Gasteiger partial charge in [-0.1, -0.05) is 42.0 Å². The van der Waals surface area contributed by atoms with E-state index in [1.54, 1.807) is 0 Å². The summed E-state index contributed by atoms with van der Waals surface area (Å²) in [4.78, 5) is 0. The summed E-state index contributed by atoms with van der Waals surface area (Å²) < 4.78 is 9.69. The second-order valence-electron chi connectivity index (χ2n) is 8.88. The highest BCUT2D eigenvalue weighted by atomic mass is 127. The fourth-order valence-electron chi connectivity index (χ4n) is 5.10. The number of hydrogen-bond donors (Lipinski definition) is 0. The molecule has 0 aliphatic carbocycles. The van der Waals surface area contributed by atoms with Crippen LogP contribution in [0, 0.1) is 10.5 Å². The molecule has 0 bridgehead atoms. The van der Waals surface area contributed by atoms with E-state index in [0.29, 0.717) is 0 Å². The lowest BCUT2D eigenvalue weighted by molar-refractivity contribution is 0.669. The second kappa shape index (κ2) is 7.47. The zero-order valence-corrected chi connectivity index (χ0v) is 20.7. The smallest absolute Gasteiger partial charge is 0.135 e. The van der Waals surface area contributed by atoms with E-state index in [0.717, 1.165) is 16.6 Å². The van der Waals surface area contributed by atoms with Crippen LogP contribution in [0.2, 0.25) is 0 Å². The molecule has 0 amide bonds. The van der Waals surface area contributed by atoms with Crippen LogP contribution in [-0.4, -0.2) is 4.57 Å². The van der Waals surface area contributed by atoms with Gasteiger partial charge in [0.15, 0.2) is 0 Å². The predicted octanol–water partition coefficient (Wildman–Crippen LogP) is 9.26. The molecule has 0 saturated carbocycles. The van der Waals surface area contributed by atoms with Crippen molar-refractivity contribution in [1.29, 1.82) is 0 Å². The van der Waals surface area contributed by atoms with Crippen LogP contribution in [0.4, 0.5) is 0 Å². The van der Waals surface area contributed by atoms with Gasteiger partial charge in [-0.15, -0.1) is 0 Å². The molecule has 0 unspecified atom stereocenters. The molecule has 34 heavy (non-hydrogen) atoms. The van der Waals surface area contributed by atoms with Gasteiger partial charge in [0.25, 0.3) is 0 Å². The van der Waals surface area contributed by atoms with Gasteiger partial charge >= 0.3 is 0 Å². The maximum Gasteiger partial charge on any atom is 0.135 e. The van der Waals surface area contributed by atoms with Crippen LogP contribution in [0.1, 0.15) is 5.56 Å². The van der Waals surface area contributed by atoms with Gasteiger partial charge in [0.2, 0.25) is 0 Å². The van der Waals surface area contributed by atoms with E-state index in [1.165, 1.54) is 53.1 Å². The number of aryl methyl sites for hydroxylation is 1. The average Bonchev–Trinajstić information content (AvgIpc) is 3.38. The van der Waals surface area contributed by atoms with Crippen LogP contribution in [0.3, 0.4) is 0 Å². The van der Waals surface area contributed by atoms with E-state index in [1.807, 2.05) is 0 Å². The van der Waals surface area contributed by atoms with E-state index in [-0.39, 0.29) is 0 Å². The van der Waals surface area contributed by atoms with E-state index >= 15 is 0 Å². The summed E-state index contributed by atoms with van der Waals surface area (Å²) in [6.07, 6.45) is 0. The SMILES string of the molecule is Cc1ccc2oc3ccc(-c4ccc5c(c4)c4cc(I)ccc4n5-c4ccccc4)cc3c2c1. The molecule has 0 aliphatic rings. The Morgan fingerprint density at radius 1 is 0.588 bits per heavy atom. The second-order valence-corrected chi connectivity index (χ2v) is 10.1. The minimum atomic E-state index is 0.931. The molecule has 0 saturated heterocycles. The first-order chi connectivity index (χ1) is 16.7. The molecule has 162 valence electrons. The van der Waals surface area contributed by atoms with E-state index < -0.39 is 0 Å². The fraction of sp³-hybridized carbons (Fsp3) is 0.0323. The molecule has 5 aromatic carbocycles. The molecular formula is C31H20INO. The maximum absolute atomic E-state index is 6.09. The number of aromatic nitrogens is 1. The molecule has 2 heterocycles. The number of benzene rings is 5. The van der Waals surface area contributed by atoms with Crippen LogP contribution in [0.25, 0.3) is 60.6 Å². The van der Waals surface area contributed by atoms with Gasteiger partial charge in [0.05, 0.1) is 11.0 Å². The van der Waals surface area contributed by atoms with Gasteiger partial charge in [-0.2, -0.15) is 0 Å². The number of halogens is 1. The summed E-state index contributed by atoms with van der Waals surface area (Å²) >= 11 is 2.40. The van der Waals surface area contributed by atoms with Crippen LogP contribution >= 0.6 is 22.6 Å². The van der Waals surface area contributed by atoms with Crippen molar-refractivity contribution in [3.05, 3.63) is 112 Å². The van der Waals surface area contributed by atoms with Crippen LogP contribution < -0.4 is 0 Å². The van der Waals surface area contributed by atoms with Crippen LogP contribution in [0.5, 0.6) is 0 Å². The summed E-state index contributed by atoms with van der Waals surface area (Å²) in [7, 11) is 0. The minimum absolute atomic E-state index is 0.931. The topological polar surface area (TPSA) is 18.1 Å². The van der Waals surface area contributed by atoms with E-state index in [2.05, 4.69) is 137 Å². The maximum atomic E-state index is 6.09. The summed E-state index contributed by atoms with van der Waals surface area (Å²) in [6.45, 7) is 2.12. The van der Waals surface area contributed by atoms with Gasteiger partial charge in [0, 0.05) is 30.8 Å². The number of furan rings is 1. The normalized spacial score (nSPS) is 11.8. The highest BCUT2D eigenvalue weighted by Gasteiger charge is 2.14. The number of para-hydroxylation sites is 1. The number of hydrogen-bond acceptors (Lipinski definition) is 1. The lowest BCUT2D eigenvalue weighted by Crippen LogP contribution is -1.93. The molecule has 0 aliphatic heterocycles. The first-order valence-corrected chi connectivity index (χ1v) is 12.5. The van der Waals surface area contributed by atoms with Crippen molar-refractivity contribution in [2.45, 2.75) is 6.92 Å². The minimum Gasteiger partial charge on any atom is -0.456 e. The van der Waals surface area contributed by atoms with Gasteiger partial charge in [-0.3, -0.25) is 0 Å². The Balaban J connectivity index is 1.49. The largest absolute Gasteiger partial charge is 0.456 e. The first-order valence-electron chi connectivity index (χ1n) is 11.4. The number of fused-ring (bicyclic) bond motifs is 6. The molecule has 0 N–H and O–H groups in total. The summed E-state index contributed by atoms with van der Waals surface area (Å²) in [5, 5.41) is 4.88. The highest BCUT2D eigenvalue weighted by Crippen LogP contribution is 2.37. The third kappa shape index (κ3) is 3.00. The quantitative estimate of drug-likeness (QED) is 0.197. The van der Waals surface area contributed by atoms with Crippen molar-refractivity contribution >= 4 is 66.3 Å². The summed E-state index contributed by atoms with van der Waals surface area (Å²) in [5.41, 5.74) is 9.15. The van der Waals surface area contributed by atoms with Gasteiger partial charge in [0.1, 0.15) is 11.2 Å². The predicted molar refractivity (Wildman–Crippen MR) is 151 cm³/mol. The molecule has 0 radical (unpaired) electrons.